The van der Waals surface area contributed by atoms with Crippen molar-refractivity contribution in [3.05, 3.63) is 77.4 Å². The lowest BCUT2D eigenvalue weighted by Crippen LogP contribution is -2.32. The van der Waals surface area contributed by atoms with Crippen LogP contribution in [0, 0.1) is 0 Å². The number of aromatic hydroxyl groups is 1. The summed E-state index contributed by atoms with van der Waals surface area (Å²) in [6.45, 7) is 0. The number of rotatable bonds is 2. The molecule has 0 fully saturated rings. The average Bonchev–Trinajstić information content (AvgIpc) is 2.77. The summed E-state index contributed by atoms with van der Waals surface area (Å²) in [4.78, 5) is 25.2. The van der Waals surface area contributed by atoms with E-state index in [9.17, 15) is 24.9 Å². The van der Waals surface area contributed by atoms with E-state index in [1.165, 1.54) is 37.5 Å². The Morgan fingerprint density at radius 3 is 2.42 bits per heavy atom. The molecule has 162 valence electrons. The van der Waals surface area contributed by atoms with Crippen LogP contribution >= 0.6 is 0 Å². The van der Waals surface area contributed by atoms with E-state index in [4.69, 9.17) is 9.47 Å². The Balaban J connectivity index is 2.07. The van der Waals surface area contributed by atoms with Gasteiger partial charge < -0.3 is 24.8 Å². The molecule has 3 rings (SSSR count). The van der Waals surface area contributed by atoms with Gasteiger partial charge in [0.05, 0.1) is 13.2 Å². The van der Waals surface area contributed by atoms with Gasteiger partial charge in [0.15, 0.2) is 5.78 Å². The number of phenols is 1. The van der Waals surface area contributed by atoms with Crippen molar-refractivity contribution in [3.8, 4) is 11.5 Å². The molecule has 3 unspecified atom stereocenters. The molecule has 3 atom stereocenters. The molecule has 1 aliphatic rings. The van der Waals surface area contributed by atoms with Crippen molar-refractivity contribution in [2.75, 3.05) is 7.11 Å². The van der Waals surface area contributed by atoms with Crippen LogP contribution in [-0.4, -0.2) is 46.4 Å². The Bertz CT molecular complexity index is 994. The maximum atomic E-state index is 13.0. The number of benzene rings is 2. The van der Waals surface area contributed by atoms with E-state index in [-0.39, 0.29) is 24.2 Å². The number of fused-ring (bicyclic) bond motifs is 1. The predicted octanol–water partition coefficient (Wildman–Crippen LogP) is 2.95. The molecule has 31 heavy (non-hydrogen) atoms. The molecule has 0 bridgehead atoms. The molecular formula is C24H24O7. The fourth-order valence-electron chi connectivity index (χ4n) is 3.26. The van der Waals surface area contributed by atoms with Crippen LogP contribution in [0.3, 0.4) is 0 Å². The highest BCUT2D eigenvalue weighted by Crippen LogP contribution is 2.32. The zero-order valence-electron chi connectivity index (χ0n) is 17.0. The van der Waals surface area contributed by atoms with Crippen LogP contribution in [0.1, 0.15) is 40.4 Å². The van der Waals surface area contributed by atoms with Gasteiger partial charge >= 0.3 is 5.97 Å². The van der Waals surface area contributed by atoms with Gasteiger partial charge in [-0.15, -0.1) is 0 Å². The number of methoxy groups -OCH3 is 1. The second-order valence-corrected chi connectivity index (χ2v) is 7.11. The molecule has 0 amide bonds. The third kappa shape index (κ3) is 5.39. The van der Waals surface area contributed by atoms with E-state index >= 15 is 0 Å². The summed E-state index contributed by atoms with van der Waals surface area (Å²) >= 11 is 0. The number of aliphatic hydroxyl groups is 2. The largest absolute Gasteiger partial charge is 0.507 e. The van der Waals surface area contributed by atoms with Crippen LogP contribution < -0.4 is 4.74 Å². The Morgan fingerprint density at radius 1 is 1.00 bits per heavy atom. The molecule has 7 nitrogen and oxygen atoms in total. The Labute approximate surface area is 179 Å². The number of esters is 1. The lowest BCUT2D eigenvalue weighted by atomic mass is 10.0. The van der Waals surface area contributed by atoms with Gasteiger partial charge in [-0.25, -0.2) is 4.79 Å². The van der Waals surface area contributed by atoms with Crippen molar-refractivity contribution in [2.45, 2.75) is 31.2 Å². The van der Waals surface area contributed by atoms with Gasteiger partial charge in [0, 0.05) is 12.5 Å². The van der Waals surface area contributed by atoms with Crippen LogP contribution in [0.2, 0.25) is 0 Å². The monoisotopic (exact) mass is 424 g/mol. The Morgan fingerprint density at radius 2 is 1.71 bits per heavy atom. The molecule has 0 spiro atoms. The first-order valence-electron chi connectivity index (χ1n) is 9.80. The molecule has 1 aliphatic heterocycles. The number of hydrogen-bond acceptors (Lipinski definition) is 7. The minimum atomic E-state index is -1.58. The summed E-state index contributed by atoms with van der Waals surface area (Å²) in [5, 5.41) is 30.7. The van der Waals surface area contributed by atoms with Gasteiger partial charge in [-0.1, -0.05) is 48.6 Å². The molecule has 0 aliphatic carbocycles. The first-order chi connectivity index (χ1) is 14.9. The fraction of sp³-hybridized carbons (Fsp3) is 0.250. The smallest absolute Gasteiger partial charge is 0.343 e. The van der Waals surface area contributed by atoms with E-state index in [0.29, 0.717) is 16.9 Å². The highest BCUT2D eigenvalue weighted by molar-refractivity contribution is 5.97. The summed E-state index contributed by atoms with van der Waals surface area (Å²) in [6.07, 6.45) is 2.13. The molecule has 3 N–H and O–H groups in total. The number of aliphatic hydroxyl groups excluding tert-OH is 2. The van der Waals surface area contributed by atoms with Crippen molar-refractivity contribution in [1.29, 1.82) is 0 Å². The number of ether oxygens (including phenoxy) is 2. The second kappa shape index (κ2) is 10.1. The van der Waals surface area contributed by atoms with Gasteiger partial charge in [0.25, 0.3) is 0 Å². The minimum absolute atomic E-state index is 0.0418. The summed E-state index contributed by atoms with van der Waals surface area (Å²) in [5.74, 6) is -1.37. The number of carbonyl (C=O) groups is 2. The first-order valence-corrected chi connectivity index (χ1v) is 9.80. The fourth-order valence-corrected chi connectivity index (χ4v) is 3.26. The molecule has 2 aromatic carbocycles. The van der Waals surface area contributed by atoms with Gasteiger partial charge in [-0.2, -0.15) is 0 Å². The predicted molar refractivity (Wildman–Crippen MR) is 114 cm³/mol. The van der Waals surface area contributed by atoms with E-state index in [1.807, 2.05) is 6.07 Å². The zero-order valence-corrected chi connectivity index (χ0v) is 17.0. The maximum absolute atomic E-state index is 13.0. The number of phenolic OH excluding ortho intramolecular Hbond substituents is 1. The zero-order chi connectivity index (χ0) is 22.4. The molecule has 0 radical (unpaired) electrons. The topological polar surface area (TPSA) is 113 Å². The van der Waals surface area contributed by atoms with Crippen LogP contribution in [0.4, 0.5) is 0 Å². The normalized spacial score (nSPS) is 24.4. The summed E-state index contributed by atoms with van der Waals surface area (Å²) < 4.78 is 10.9. The first kappa shape index (κ1) is 22.3. The van der Waals surface area contributed by atoms with E-state index in [1.54, 1.807) is 30.3 Å². The van der Waals surface area contributed by atoms with E-state index < -0.39 is 30.1 Å². The van der Waals surface area contributed by atoms with Crippen LogP contribution in [0.5, 0.6) is 11.5 Å². The van der Waals surface area contributed by atoms with E-state index in [0.717, 1.165) is 0 Å². The van der Waals surface area contributed by atoms with Crippen molar-refractivity contribution >= 4 is 17.8 Å². The number of ketones is 1. The van der Waals surface area contributed by atoms with Crippen molar-refractivity contribution in [2.24, 2.45) is 0 Å². The lowest BCUT2D eigenvalue weighted by Gasteiger charge is -2.19. The molecule has 7 heteroatoms. The number of hydrogen-bond donors (Lipinski definition) is 3. The van der Waals surface area contributed by atoms with Crippen LogP contribution in [0.15, 0.2) is 60.7 Å². The van der Waals surface area contributed by atoms with Crippen molar-refractivity contribution in [1.82, 2.24) is 0 Å². The molecule has 0 saturated heterocycles. The lowest BCUT2D eigenvalue weighted by molar-refractivity contribution is -0.127. The minimum Gasteiger partial charge on any atom is -0.507 e. The van der Waals surface area contributed by atoms with Crippen LogP contribution in [0.25, 0.3) is 6.08 Å². The maximum Gasteiger partial charge on any atom is 0.343 e. The molecular weight excluding hydrogens is 400 g/mol. The second-order valence-electron chi connectivity index (χ2n) is 7.11. The quantitative estimate of drug-likeness (QED) is 0.635. The third-order valence-corrected chi connectivity index (χ3v) is 4.95. The average molecular weight is 424 g/mol. The molecule has 0 aromatic heterocycles. The highest BCUT2D eigenvalue weighted by Gasteiger charge is 2.25. The van der Waals surface area contributed by atoms with Crippen molar-refractivity contribution < 1.29 is 34.4 Å². The third-order valence-electron chi connectivity index (χ3n) is 4.95. The SMILES string of the molecule is COc1cc(O)c2c(c1)/C=C/CC(O)C(O)C(=O)/C=C\CC(c1ccccc1)OC2=O. The van der Waals surface area contributed by atoms with Gasteiger partial charge in [0.2, 0.25) is 0 Å². The number of cyclic esters (lactones) is 1. The molecule has 0 saturated carbocycles. The van der Waals surface area contributed by atoms with Gasteiger partial charge in [0.1, 0.15) is 29.3 Å². The Hall–Kier alpha value is -3.42. The Kier molecular flexibility index (Phi) is 7.23. The van der Waals surface area contributed by atoms with Crippen molar-refractivity contribution in [3.63, 3.8) is 0 Å². The number of carbonyl (C=O) groups excluding carboxylic acids is 2. The standard InChI is InChI=1S/C24H24O7/c1-30-17-13-16-9-5-10-18(25)23(28)19(26)11-6-12-21(15-7-3-2-4-8-15)31-24(29)22(16)20(27)14-17/h2-9,11,13-14,18,21,23,25,27-28H,10,12H2,1H3/b9-5+,11-6-. The van der Waals surface area contributed by atoms with E-state index in [2.05, 4.69) is 0 Å². The van der Waals surface area contributed by atoms with Crippen LogP contribution in [-0.2, 0) is 9.53 Å². The highest BCUT2D eigenvalue weighted by atomic mass is 16.5. The molecule has 2 aromatic rings. The summed E-state index contributed by atoms with van der Waals surface area (Å²) in [7, 11) is 1.43. The summed E-state index contributed by atoms with van der Waals surface area (Å²) in [5.41, 5.74) is 0.963. The van der Waals surface area contributed by atoms with Gasteiger partial charge in [-0.3, -0.25) is 4.79 Å². The van der Waals surface area contributed by atoms with Gasteiger partial charge in [-0.05, 0) is 29.7 Å². The summed E-state index contributed by atoms with van der Waals surface area (Å²) in [6, 6.07) is 11.8. The molecule has 1 heterocycles.